The number of imide groups is 1. The van der Waals surface area contributed by atoms with Crippen LogP contribution in [0, 0.1) is 29.6 Å². The molecule has 2 heterocycles. The summed E-state index contributed by atoms with van der Waals surface area (Å²) in [4.78, 5) is 54.7. The largest absolute Gasteiger partial charge is 0.495 e. The van der Waals surface area contributed by atoms with Crippen LogP contribution < -0.4 is 19.3 Å². The van der Waals surface area contributed by atoms with Crippen LogP contribution >= 0.6 is 0 Å². The van der Waals surface area contributed by atoms with Crippen LogP contribution in [-0.2, 0) is 19.2 Å². The summed E-state index contributed by atoms with van der Waals surface area (Å²) in [5.41, 5.74) is 1.04. The lowest BCUT2D eigenvalue weighted by atomic mass is 9.81. The van der Waals surface area contributed by atoms with Gasteiger partial charge in [0, 0.05) is 19.0 Å². The van der Waals surface area contributed by atoms with Crippen molar-refractivity contribution in [1.29, 1.82) is 0 Å². The molecule has 8 heteroatoms. The SMILES string of the molecule is COc1ccccc1N1C[C@H](C(=O)Oc2cccc(N3C(=O)[C@H]4[C@H]5CC[C@@H](C5)[C@@H]4C3=O)c2)CC1=O. The molecule has 2 aromatic rings. The number of anilines is 2. The van der Waals surface area contributed by atoms with E-state index >= 15 is 0 Å². The molecule has 2 saturated heterocycles. The fraction of sp³-hybridized carbons (Fsp3) is 0.407. The third-order valence-electron chi connectivity index (χ3n) is 8.06. The Kier molecular flexibility index (Phi) is 5.12. The number of methoxy groups -OCH3 is 1. The number of para-hydroxylation sites is 2. The van der Waals surface area contributed by atoms with E-state index in [0.29, 0.717) is 29.0 Å². The fourth-order valence-corrected chi connectivity index (χ4v) is 6.50. The van der Waals surface area contributed by atoms with Crippen molar-refractivity contribution in [3.05, 3.63) is 48.5 Å². The molecule has 8 nitrogen and oxygen atoms in total. The Bertz CT molecular complexity index is 1210. The fourth-order valence-electron chi connectivity index (χ4n) is 6.50. The lowest BCUT2D eigenvalue weighted by molar-refractivity contribution is -0.139. The van der Waals surface area contributed by atoms with E-state index in [9.17, 15) is 19.2 Å². The van der Waals surface area contributed by atoms with Crippen molar-refractivity contribution in [2.75, 3.05) is 23.5 Å². The van der Waals surface area contributed by atoms with Crippen molar-refractivity contribution in [2.24, 2.45) is 29.6 Å². The Balaban J connectivity index is 1.17. The van der Waals surface area contributed by atoms with Crippen LogP contribution in [0.25, 0.3) is 0 Å². The molecule has 180 valence electrons. The summed E-state index contributed by atoms with van der Waals surface area (Å²) in [6, 6.07) is 13.7. The summed E-state index contributed by atoms with van der Waals surface area (Å²) >= 11 is 0. The van der Waals surface area contributed by atoms with Gasteiger partial charge in [-0.25, -0.2) is 4.90 Å². The molecule has 2 aliphatic heterocycles. The van der Waals surface area contributed by atoms with E-state index in [1.165, 1.54) is 16.9 Å². The molecule has 4 fully saturated rings. The maximum Gasteiger partial charge on any atom is 0.316 e. The monoisotopic (exact) mass is 474 g/mol. The zero-order valence-corrected chi connectivity index (χ0v) is 19.4. The zero-order chi connectivity index (χ0) is 24.3. The Morgan fingerprint density at radius 2 is 1.66 bits per heavy atom. The van der Waals surface area contributed by atoms with Gasteiger partial charge in [0.1, 0.15) is 11.5 Å². The van der Waals surface area contributed by atoms with Crippen LogP contribution in [-0.4, -0.2) is 37.3 Å². The molecule has 0 N–H and O–H groups in total. The number of fused-ring (bicyclic) bond motifs is 5. The number of hydrogen-bond donors (Lipinski definition) is 0. The molecule has 2 saturated carbocycles. The quantitative estimate of drug-likeness (QED) is 0.375. The maximum absolute atomic E-state index is 13.1. The van der Waals surface area contributed by atoms with Crippen molar-refractivity contribution >= 4 is 35.1 Å². The number of amides is 3. The Labute approximate surface area is 202 Å². The topological polar surface area (TPSA) is 93.2 Å². The number of carbonyl (C=O) groups excluding carboxylic acids is 4. The molecule has 0 radical (unpaired) electrons. The van der Waals surface area contributed by atoms with Crippen LogP contribution in [0.1, 0.15) is 25.7 Å². The van der Waals surface area contributed by atoms with Gasteiger partial charge in [-0.2, -0.15) is 0 Å². The summed E-state index contributed by atoms with van der Waals surface area (Å²) in [5, 5.41) is 0. The molecule has 4 aliphatic rings. The first-order valence-corrected chi connectivity index (χ1v) is 12.1. The van der Waals surface area contributed by atoms with Crippen molar-refractivity contribution in [2.45, 2.75) is 25.7 Å². The standard InChI is InChI=1S/C27H26N2O6/c1-34-21-8-3-2-7-20(21)28-14-17(12-22(28)30)27(33)35-19-6-4-5-18(13-19)29-25(31)23-15-9-10-16(11-15)24(23)26(29)32/h2-8,13,15-17,23-24H,9-12,14H2,1H3/t15-,16-,17+,23-,24-/m0/s1. The van der Waals surface area contributed by atoms with Crippen molar-refractivity contribution in [3.63, 3.8) is 0 Å². The highest BCUT2D eigenvalue weighted by atomic mass is 16.5. The van der Waals surface area contributed by atoms with Crippen molar-refractivity contribution < 1.29 is 28.7 Å². The van der Waals surface area contributed by atoms with Gasteiger partial charge in [0.25, 0.3) is 0 Å². The number of benzene rings is 2. The van der Waals surface area contributed by atoms with Crippen LogP contribution in [0.5, 0.6) is 11.5 Å². The normalized spacial score (nSPS) is 29.2. The maximum atomic E-state index is 13.1. The van der Waals surface area contributed by atoms with E-state index in [1.54, 1.807) is 36.4 Å². The van der Waals surface area contributed by atoms with Crippen LogP contribution in [0.4, 0.5) is 11.4 Å². The number of esters is 1. The predicted molar refractivity (Wildman–Crippen MR) is 126 cm³/mol. The second-order valence-electron chi connectivity index (χ2n) is 9.89. The number of nitrogens with zero attached hydrogens (tertiary/aromatic N) is 2. The minimum Gasteiger partial charge on any atom is -0.495 e. The van der Waals surface area contributed by atoms with Gasteiger partial charge in [-0.3, -0.25) is 19.2 Å². The summed E-state index contributed by atoms with van der Waals surface area (Å²) < 4.78 is 11.0. The van der Waals surface area contributed by atoms with Crippen LogP contribution in [0.3, 0.4) is 0 Å². The van der Waals surface area contributed by atoms with E-state index < -0.39 is 11.9 Å². The van der Waals surface area contributed by atoms with E-state index in [0.717, 1.165) is 19.3 Å². The summed E-state index contributed by atoms with van der Waals surface area (Å²) in [5.74, 6) is -0.623. The van der Waals surface area contributed by atoms with Crippen molar-refractivity contribution in [1.82, 2.24) is 0 Å². The summed E-state index contributed by atoms with van der Waals surface area (Å²) in [7, 11) is 1.53. The first-order chi connectivity index (χ1) is 17.0. The third kappa shape index (κ3) is 3.42. The number of rotatable bonds is 5. The van der Waals surface area contributed by atoms with E-state index in [-0.39, 0.29) is 48.3 Å². The van der Waals surface area contributed by atoms with Gasteiger partial charge in [-0.15, -0.1) is 0 Å². The van der Waals surface area contributed by atoms with Gasteiger partial charge in [0.2, 0.25) is 17.7 Å². The average molecular weight is 475 g/mol. The Hall–Kier alpha value is -3.68. The van der Waals surface area contributed by atoms with Gasteiger partial charge in [-0.05, 0) is 55.4 Å². The van der Waals surface area contributed by atoms with Gasteiger partial charge >= 0.3 is 5.97 Å². The molecular formula is C27H26N2O6. The molecule has 0 spiro atoms. The Morgan fingerprint density at radius 3 is 2.37 bits per heavy atom. The predicted octanol–water partition coefficient (Wildman–Crippen LogP) is 3.19. The molecule has 0 aromatic heterocycles. The van der Waals surface area contributed by atoms with Gasteiger partial charge < -0.3 is 14.4 Å². The molecule has 2 aliphatic carbocycles. The Morgan fingerprint density at radius 1 is 0.943 bits per heavy atom. The zero-order valence-electron chi connectivity index (χ0n) is 19.4. The molecule has 5 atom stereocenters. The lowest BCUT2D eigenvalue weighted by Gasteiger charge is -2.19. The van der Waals surface area contributed by atoms with Gasteiger partial charge in [0.15, 0.2) is 0 Å². The first kappa shape index (κ1) is 21.8. The van der Waals surface area contributed by atoms with Crippen LogP contribution in [0.2, 0.25) is 0 Å². The highest BCUT2D eigenvalue weighted by Gasteiger charge is 2.61. The van der Waals surface area contributed by atoms with Crippen LogP contribution in [0.15, 0.2) is 48.5 Å². The third-order valence-corrected chi connectivity index (χ3v) is 8.06. The molecule has 3 amide bonds. The van der Waals surface area contributed by atoms with Gasteiger partial charge in [-0.1, -0.05) is 18.2 Å². The molecule has 2 bridgehead atoms. The second-order valence-corrected chi connectivity index (χ2v) is 9.89. The number of hydrogen-bond acceptors (Lipinski definition) is 6. The molecular weight excluding hydrogens is 448 g/mol. The van der Waals surface area contributed by atoms with E-state index in [1.807, 2.05) is 12.1 Å². The highest BCUT2D eigenvalue weighted by molar-refractivity contribution is 6.22. The van der Waals surface area contributed by atoms with Gasteiger partial charge in [0.05, 0.1) is 36.2 Å². The molecule has 2 aromatic carbocycles. The van der Waals surface area contributed by atoms with E-state index in [4.69, 9.17) is 9.47 Å². The lowest BCUT2D eigenvalue weighted by Crippen LogP contribution is -2.32. The number of ether oxygens (including phenoxy) is 2. The minimum atomic E-state index is -0.638. The first-order valence-electron chi connectivity index (χ1n) is 12.1. The number of carbonyl (C=O) groups is 4. The van der Waals surface area contributed by atoms with Crippen molar-refractivity contribution in [3.8, 4) is 11.5 Å². The molecule has 0 unspecified atom stereocenters. The average Bonchev–Trinajstić information content (AvgIpc) is 3.62. The minimum absolute atomic E-state index is 0.0335. The smallest absolute Gasteiger partial charge is 0.316 e. The molecule has 6 rings (SSSR count). The second kappa shape index (κ2) is 8.22. The summed E-state index contributed by atoms with van der Waals surface area (Å²) in [6.07, 6.45) is 3.04. The highest BCUT2D eigenvalue weighted by Crippen LogP contribution is 2.56. The van der Waals surface area contributed by atoms with E-state index in [2.05, 4.69) is 0 Å². The molecule has 35 heavy (non-hydrogen) atoms. The summed E-state index contributed by atoms with van der Waals surface area (Å²) in [6.45, 7) is 0.187.